The third-order valence-corrected chi connectivity index (χ3v) is 4.25. The molecule has 0 radical (unpaired) electrons. The van der Waals surface area contributed by atoms with Gasteiger partial charge in [-0.15, -0.1) is 0 Å². The number of rotatable bonds is 3. The van der Waals surface area contributed by atoms with Crippen LogP contribution in [0.5, 0.6) is 0 Å². The number of morpholine rings is 1. The lowest BCUT2D eigenvalue weighted by Gasteiger charge is -2.41. The second kappa shape index (κ2) is 7.09. The average molecular weight is 299 g/mol. The number of hydrogen-bond donors (Lipinski definition) is 2. The number of hydrogen-bond acceptors (Lipinski definition) is 4. The molecule has 0 aromatic heterocycles. The number of amides is 2. The van der Waals surface area contributed by atoms with Gasteiger partial charge in [-0.05, 0) is 26.7 Å². The molecular formula is C14H25N3O4. The van der Waals surface area contributed by atoms with Crippen molar-refractivity contribution in [2.45, 2.75) is 57.7 Å². The molecule has 120 valence electrons. The number of nitrogens with zero attached hydrogens (tertiary/aromatic N) is 2. The predicted octanol–water partition coefficient (Wildman–Crippen LogP) is 1.05. The third-order valence-electron chi connectivity index (χ3n) is 4.25. The quantitative estimate of drug-likeness (QED) is 0.814. The zero-order valence-corrected chi connectivity index (χ0v) is 12.7. The van der Waals surface area contributed by atoms with E-state index in [4.69, 9.17) is 9.84 Å². The molecule has 0 aliphatic carbocycles. The first-order valence-corrected chi connectivity index (χ1v) is 7.64. The maximum atomic E-state index is 12.4. The minimum Gasteiger partial charge on any atom is -0.481 e. The number of carboxylic acid groups (broad SMARTS) is 1. The van der Waals surface area contributed by atoms with Crippen LogP contribution in [0.3, 0.4) is 0 Å². The highest BCUT2D eigenvalue weighted by atomic mass is 16.5. The molecule has 2 rings (SSSR count). The van der Waals surface area contributed by atoms with Gasteiger partial charge in [0, 0.05) is 25.2 Å². The van der Waals surface area contributed by atoms with Crippen molar-refractivity contribution >= 4 is 12.0 Å². The SMILES string of the molecule is CC1CCCC(C)N1NC(=O)N1CCOC(CC(=O)O)C1. The number of hydrazine groups is 1. The third kappa shape index (κ3) is 4.31. The van der Waals surface area contributed by atoms with Gasteiger partial charge in [0.25, 0.3) is 0 Å². The fourth-order valence-corrected chi connectivity index (χ4v) is 3.04. The number of nitrogens with one attached hydrogen (secondary N) is 1. The Morgan fingerprint density at radius 3 is 2.57 bits per heavy atom. The number of aliphatic carboxylic acids is 1. The van der Waals surface area contributed by atoms with E-state index in [0.717, 1.165) is 12.8 Å². The molecule has 2 aliphatic rings. The molecular weight excluding hydrogens is 274 g/mol. The number of piperidine rings is 1. The van der Waals surface area contributed by atoms with Crippen molar-refractivity contribution in [3.8, 4) is 0 Å². The highest BCUT2D eigenvalue weighted by Crippen LogP contribution is 2.20. The Bertz CT molecular complexity index is 380. The minimum atomic E-state index is -0.902. The first-order valence-electron chi connectivity index (χ1n) is 7.64. The minimum absolute atomic E-state index is 0.0691. The van der Waals surface area contributed by atoms with Gasteiger partial charge in [0.15, 0.2) is 0 Å². The highest BCUT2D eigenvalue weighted by molar-refractivity contribution is 5.74. The molecule has 2 aliphatic heterocycles. The number of urea groups is 1. The van der Waals surface area contributed by atoms with E-state index < -0.39 is 12.1 Å². The van der Waals surface area contributed by atoms with Gasteiger partial charge >= 0.3 is 12.0 Å². The molecule has 21 heavy (non-hydrogen) atoms. The molecule has 7 heteroatoms. The summed E-state index contributed by atoms with van der Waals surface area (Å²) in [5, 5.41) is 10.8. The van der Waals surface area contributed by atoms with E-state index in [1.165, 1.54) is 6.42 Å². The molecule has 0 bridgehead atoms. The molecule has 2 saturated heterocycles. The van der Waals surface area contributed by atoms with Crippen LogP contribution in [0.1, 0.15) is 39.5 Å². The lowest BCUT2D eigenvalue weighted by Crippen LogP contribution is -2.59. The lowest BCUT2D eigenvalue weighted by molar-refractivity contribution is -0.141. The summed E-state index contributed by atoms with van der Waals surface area (Å²) in [6, 6.07) is 0.497. The topological polar surface area (TPSA) is 82.1 Å². The Kier molecular flexibility index (Phi) is 5.41. The first kappa shape index (κ1) is 16.0. The van der Waals surface area contributed by atoms with Crippen LogP contribution >= 0.6 is 0 Å². The second-order valence-electron chi connectivity index (χ2n) is 5.99. The Morgan fingerprint density at radius 1 is 1.29 bits per heavy atom. The average Bonchev–Trinajstić information content (AvgIpc) is 2.42. The Morgan fingerprint density at radius 2 is 1.95 bits per heavy atom. The number of carboxylic acids is 1. The van der Waals surface area contributed by atoms with Crippen LogP contribution in [0.15, 0.2) is 0 Å². The molecule has 0 aromatic rings. The largest absolute Gasteiger partial charge is 0.481 e. The summed E-state index contributed by atoms with van der Waals surface area (Å²) in [6.07, 6.45) is 2.86. The van der Waals surface area contributed by atoms with Crippen molar-refractivity contribution in [1.29, 1.82) is 0 Å². The number of carbonyl (C=O) groups is 2. The monoisotopic (exact) mass is 299 g/mol. The van der Waals surface area contributed by atoms with E-state index in [0.29, 0.717) is 31.8 Å². The van der Waals surface area contributed by atoms with Crippen molar-refractivity contribution in [1.82, 2.24) is 15.3 Å². The molecule has 3 atom stereocenters. The van der Waals surface area contributed by atoms with Crippen LogP contribution in [-0.4, -0.2) is 64.9 Å². The summed E-state index contributed by atoms with van der Waals surface area (Å²) in [4.78, 5) is 24.7. The van der Waals surface area contributed by atoms with Crippen molar-refractivity contribution in [2.24, 2.45) is 0 Å². The first-order chi connectivity index (χ1) is 9.97. The standard InChI is InChI=1S/C14H25N3O4/c1-10-4-3-5-11(2)17(10)15-14(20)16-6-7-21-12(9-16)8-13(18)19/h10-12H,3-9H2,1-2H3,(H,15,20)(H,18,19). The molecule has 0 saturated carbocycles. The lowest BCUT2D eigenvalue weighted by atomic mass is 10.00. The van der Waals surface area contributed by atoms with Crippen molar-refractivity contribution in [3.05, 3.63) is 0 Å². The Hall–Kier alpha value is -1.34. The fourth-order valence-electron chi connectivity index (χ4n) is 3.04. The molecule has 0 aromatic carbocycles. The summed E-state index contributed by atoms with van der Waals surface area (Å²) >= 11 is 0. The number of carbonyl (C=O) groups excluding carboxylic acids is 1. The van der Waals surface area contributed by atoms with E-state index in [1.807, 2.05) is 5.01 Å². The summed E-state index contributed by atoms with van der Waals surface area (Å²) in [5.41, 5.74) is 2.98. The van der Waals surface area contributed by atoms with E-state index in [2.05, 4.69) is 19.3 Å². The summed E-state index contributed by atoms with van der Waals surface area (Å²) in [6.45, 7) is 5.44. The zero-order chi connectivity index (χ0) is 15.4. The Balaban J connectivity index is 1.88. The van der Waals surface area contributed by atoms with Crippen LogP contribution in [0.2, 0.25) is 0 Å². The number of ether oxygens (including phenoxy) is 1. The summed E-state index contributed by atoms with van der Waals surface area (Å²) in [7, 11) is 0. The normalized spacial score (nSPS) is 31.0. The molecule has 2 fully saturated rings. The maximum Gasteiger partial charge on any atom is 0.332 e. The van der Waals surface area contributed by atoms with Gasteiger partial charge in [-0.1, -0.05) is 6.42 Å². The molecule has 7 nitrogen and oxygen atoms in total. The van der Waals surface area contributed by atoms with E-state index >= 15 is 0 Å². The van der Waals surface area contributed by atoms with Gasteiger partial charge < -0.3 is 14.7 Å². The van der Waals surface area contributed by atoms with Crippen LogP contribution in [0.25, 0.3) is 0 Å². The van der Waals surface area contributed by atoms with Crippen LogP contribution in [0.4, 0.5) is 4.79 Å². The summed E-state index contributed by atoms with van der Waals surface area (Å²) < 4.78 is 5.39. The molecule has 0 spiro atoms. The van der Waals surface area contributed by atoms with Gasteiger partial charge in [-0.25, -0.2) is 9.80 Å². The van der Waals surface area contributed by atoms with Crippen molar-refractivity contribution < 1.29 is 19.4 Å². The summed E-state index contributed by atoms with van der Waals surface area (Å²) in [5.74, 6) is -0.902. The van der Waals surface area contributed by atoms with Crippen LogP contribution < -0.4 is 5.43 Å². The highest BCUT2D eigenvalue weighted by Gasteiger charge is 2.30. The smallest absolute Gasteiger partial charge is 0.332 e. The molecule has 2 N–H and O–H groups in total. The fraction of sp³-hybridized carbons (Fsp3) is 0.857. The van der Waals surface area contributed by atoms with Gasteiger partial charge in [0.1, 0.15) is 0 Å². The van der Waals surface area contributed by atoms with E-state index in [-0.39, 0.29) is 12.5 Å². The van der Waals surface area contributed by atoms with Crippen LogP contribution in [0, 0.1) is 0 Å². The van der Waals surface area contributed by atoms with Crippen LogP contribution in [-0.2, 0) is 9.53 Å². The molecule has 2 heterocycles. The van der Waals surface area contributed by atoms with Gasteiger partial charge in [0.2, 0.25) is 0 Å². The van der Waals surface area contributed by atoms with Crippen molar-refractivity contribution in [2.75, 3.05) is 19.7 Å². The van der Waals surface area contributed by atoms with Crippen molar-refractivity contribution in [3.63, 3.8) is 0 Å². The van der Waals surface area contributed by atoms with E-state index in [1.54, 1.807) is 4.90 Å². The Labute approximate surface area is 125 Å². The molecule has 2 amide bonds. The van der Waals surface area contributed by atoms with Gasteiger partial charge in [-0.2, -0.15) is 0 Å². The molecule has 3 unspecified atom stereocenters. The maximum absolute atomic E-state index is 12.4. The van der Waals surface area contributed by atoms with Gasteiger partial charge in [0.05, 0.1) is 19.1 Å². The zero-order valence-electron chi connectivity index (χ0n) is 12.7. The van der Waals surface area contributed by atoms with Gasteiger partial charge in [-0.3, -0.25) is 10.2 Å². The predicted molar refractivity (Wildman–Crippen MR) is 76.7 cm³/mol. The second-order valence-corrected chi connectivity index (χ2v) is 5.99. The van der Waals surface area contributed by atoms with E-state index in [9.17, 15) is 9.59 Å².